The van der Waals surface area contributed by atoms with Crippen LogP contribution < -0.4 is 10.6 Å². The van der Waals surface area contributed by atoms with Gasteiger partial charge in [-0.2, -0.15) is 0 Å². The molecule has 2 atom stereocenters. The summed E-state index contributed by atoms with van der Waals surface area (Å²) in [7, 11) is 0. The van der Waals surface area contributed by atoms with E-state index in [1.807, 2.05) is 32.0 Å². The maximum absolute atomic E-state index is 11.5. The maximum atomic E-state index is 11.5. The number of carbonyl (C=O) groups is 1. The van der Waals surface area contributed by atoms with Crippen molar-refractivity contribution in [2.75, 3.05) is 0 Å². The van der Waals surface area contributed by atoms with Crippen molar-refractivity contribution in [3.8, 4) is 0 Å². The Morgan fingerprint density at radius 1 is 1.31 bits per heavy atom. The van der Waals surface area contributed by atoms with Crippen LogP contribution in [0.1, 0.15) is 31.7 Å². The summed E-state index contributed by atoms with van der Waals surface area (Å²) in [5.74, 6) is 0.499. The first-order valence-electron chi connectivity index (χ1n) is 5.79. The molecule has 2 N–H and O–H groups in total. The van der Waals surface area contributed by atoms with Crippen molar-refractivity contribution in [3.05, 3.63) is 35.9 Å². The molecule has 1 saturated carbocycles. The fraction of sp³-hybridized carbons (Fsp3) is 0.462. The summed E-state index contributed by atoms with van der Waals surface area (Å²) in [6.07, 6.45) is 1.05. The summed E-state index contributed by atoms with van der Waals surface area (Å²) >= 11 is 0. The van der Waals surface area contributed by atoms with E-state index >= 15 is 0 Å². The van der Waals surface area contributed by atoms with Crippen LogP contribution in [-0.2, 0) is 0 Å². The van der Waals surface area contributed by atoms with Crippen LogP contribution in [-0.4, -0.2) is 18.1 Å². The van der Waals surface area contributed by atoms with Crippen LogP contribution >= 0.6 is 0 Å². The highest BCUT2D eigenvalue weighted by molar-refractivity contribution is 5.75. The predicted octanol–water partition coefficient (Wildman–Crippen LogP) is 2.25. The maximum Gasteiger partial charge on any atom is 0.315 e. The fourth-order valence-electron chi connectivity index (χ4n) is 1.90. The predicted molar refractivity (Wildman–Crippen MR) is 64.4 cm³/mol. The van der Waals surface area contributed by atoms with E-state index in [2.05, 4.69) is 22.8 Å². The molecular formula is C13H18N2O. The van der Waals surface area contributed by atoms with Gasteiger partial charge in [0.1, 0.15) is 0 Å². The van der Waals surface area contributed by atoms with E-state index < -0.39 is 0 Å². The van der Waals surface area contributed by atoms with Crippen molar-refractivity contribution >= 4 is 6.03 Å². The van der Waals surface area contributed by atoms with Gasteiger partial charge in [-0.3, -0.25) is 0 Å². The van der Waals surface area contributed by atoms with Crippen molar-refractivity contribution in [2.24, 2.45) is 0 Å². The first-order chi connectivity index (χ1) is 7.66. The monoisotopic (exact) mass is 218 g/mol. The van der Waals surface area contributed by atoms with Gasteiger partial charge in [0.15, 0.2) is 0 Å². The number of hydrogen-bond donors (Lipinski definition) is 2. The average molecular weight is 218 g/mol. The Morgan fingerprint density at radius 2 is 2.00 bits per heavy atom. The lowest BCUT2D eigenvalue weighted by atomic mass is 10.1. The van der Waals surface area contributed by atoms with Crippen LogP contribution in [0.4, 0.5) is 4.79 Å². The van der Waals surface area contributed by atoms with Crippen LogP contribution in [0.3, 0.4) is 0 Å². The van der Waals surface area contributed by atoms with Crippen molar-refractivity contribution in [3.63, 3.8) is 0 Å². The van der Waals surface area contributed by atoms with E-state index in [0.29, 0.717) is 12.0 Å². The van der Waals surface area contributed by atoms with Crippen molar-refractivity contribution < 1.29 is 4.79 Å². The molecule has 2 amide bonds. The number of benzene rings is 1. The zero-order chi connectivity index (χ0) is 11.5. The molecule has 0 bridgehead atoms. The Morgan fingerprint density at radius 3 is 2.62 bits per heavy atom. The number of nitrogens with one attached hydrogen (secondary N) is 2. The topological polar surface area (TPSA) is 41.1 Å². The molecule has 0 aromatic heterocycles. The third-order valence-corrected chi connectivity index (χ3v) is 2.75. The lowest BCUT2D eigenvalue weighted by Gasteiger charge is -2.09. The minimum Gasteiger partial charge on any atom is -0.336 e. The number of carbonyl (C=O) groups excluding carboxylic acids is 1. The Balaban J connectivity index is 1.82. The average Bonchev–Trinajstić information content (AvgIpc) is 2.97. The third kappa shape index (κ3) is 2.75. The van der Waals surface area contributed by atoms with Gasteiger partial charge in [-0.1, -0.05) is 30.3 Å². The third-order valence-electron chi connectivity index (χ3n) is 2.75. The van der Waals surface area contributed by atoms with Gasteiger partial charge >= 0.3 is 6.03 Å². The summed E-state index contributed by atoms with van der Waals surface area (Å²) < 4.78 is 0. The van der Waals surface area contributed by atoms with Gasteiger partial charge in [0.2, 0.25) is 0 Å². The molecule has 0 spiro atoms. The summed E-state index contributed by atoms with van der Waals surface area (Å²) in [5.41, 5.74) is 1.32. The first kappa shape index (κ1) is 11.0. The largest absolute Gasteiger partial charge is 0.336 e. The van der Waals surface area contributed by atoms with Gasteiger partial charge in [-0.05, 0) is 25.8 Å². The molecule has 1 aromatic rings. The first-order valence-corrected chi connectivity index (χ1v) is 5.79. The van der Waals surface area contributed by atoms with Crippen LogP contribution in [0.5, 0.6) is 0 Å². The molecule has 0 heterocycles. The van der Waals surface area contributed by atoms with E-state index in [1.54, 1.807) is 0 Å². The highest BCUT2D eigenvalue weighted by atomic mass is 16.2. The van der Waals surface area contributed by atoms with E-state index in [0.717, 1.165) is 6.42 Å². The van der Waals surface area contributed by atoms with Gasteiger partial charge < -0.3 is 10.6 Å². The molecular weight excluding hydrogens is 200 g/mol. The van der Waals surface area contributed by atoms with Gasteiger partial charge in [0.25, 0.3) is 0 Å². The van der Waals surface area contributed by atoms with Crippen LogP contribution in [0.2, 0.25) is 0 Å². The number of amides is 2. The molecule has 3 heteroatoms. The molecule has 2 unspecified atom stereocenters. The smallest absolute Gasteiger partial charge is 0.315 e. The zero-order valence-electron chi connectivity index (χ0n) is 9.73. The highest BCUT2D eigenvalue weighted by Crippen LogP contribution is 2.40. The van der Waals surface area contributed by atoms with E-state index in [1.165, 1.54) is 5.56 Å². The van der Waals surface area contributed by atoms with Crippen molar-refractivity contribution in [2.45, 2.75) is 38.3 Å². The molecule has 3 nitrogen and oxygen atoms in total. The minimum atomic E-state index is -0.0570. The molecule has 1 aromatic carbocycles. The number of hydrogen-bond acceptors (Lipinski definition) is 1. The van der Waals surface area contributed by atoms with E-state index in [-0.39, 0.29) is 12.1 Å². The Labute approximate surface area is 96.2 Å². The Bertz CT molecular complexity index is 361. The molecule has 0 aliphatic heterocycles. The number of urea groups is 1. The van der Waals surface area contributed by atoms with Gasteiger partial charge in [0.05, 0.1) is 0 Å². The van der Waals surface area contributed by atoms with Crippen LogP contribution in [0.15, 0.2) is 30.3 Å². The molecule has 1 aliphatic rings. The Hall–Kier alpha value is -1.51. The molecule has 2 rings (SSSR count). The molecule has 0 saturated heterocycles. The van der Waals surface area contributed by atoms with Gasteiger partial charge in [-0.25, -0.2) is 4.79 Å². The molecule has 0 radical (unpaired) electrons. The van der Waals surface area contributed by atoms with Crippen LogP contribution in [0.25, 0.3) is 0 Å². The molecule has 16 heavy (non-hydrogen) atoms. The van der Waals surface area contributed by atoms with Crippen LogP contribution in [0, 0.1) is 0 Å². The SMILES string of the molecule is CC(C)NC(=O)NC1CC1c1ccccc1. The highest BCUT2D eigenvalue weighted by Gasteiger charge is 2.39. The molecule has 1 aliphatic carbocycles. The quantitative estimate of drug-likeness (QED) is 0.802. The van der Waals surface area contributed by atoms with Crippen molar-refractivity contribution in [1.29, 1.82) is 0 Å². The Kier molecular flexibility index (Phi) is 3.13. The lowest BCUT2D eigenvalue weighted by Crippen LogP contribution is -2.40. The second-order valence-electron chi connectivity index (χ2n) is 4.63. The fourth-order valence-corrected chi connectivity index (χ4v) is 1.90. The molecule has 86 valence electrons. The summed E-state index contributed by atoms with van der Waals surface area (Å²) in [4.78, 5) is 11.5. The van der Waals surface area contributed by atoms with Gasteiger partial charge in [0, 0.05) is 18.0 Å². The second-order valence-corrected chi connectivity index (χ2v) is 4.63. The normalized spacial score (nSPS) is 22.9. The van der Waals surface area contributed by atoms with E-state index in [9.17, 15) is 4.79 Å². The second kappa shape index (κ2) is 4.56. The van der Waals surface area contributed by atoms with Gasteiger partial charge in [-0.15, -0.1) is 0 Å². The lowest BCUT2D eigenvalue weighted by molar-refractivity contribution is 0.238. The van der Waals surface area contributed by atoms with Crippen molar-refractivity contribution in [1.82, 2.24) is 10.6 Å². The summed E-state index contributed by atoms with van der Waals surface area (Å²) in [6.45, 7) is 3.92. The van der Waals surface area contributed by atoms with E-state index in [4.69, 9.17) is 0 Å². The minimum absolute atomic E-state index is 0.0570. The summed E-state index contributed by atoms with van der Waals surface area (Å²) in [6, 6.07) is 10.8. The standard InChI is InChI=1S/C13H18N2O/c1-9(2)14-13(16)15-12-8-11(12)10-6-4-3-5-7-10/h3-7,9,11-12H,8H2,1-2H3,(H2,14,15,16). The number of rotatable bonds is 3. The summed E-state index contributed by atoms with van der Waals surface area (Å²) in [5, 5.41) is 5.82. The zero-order valence-corrected chi connectivity index (χ0v) is 9.73. The molecule has 1 fully saturated rings.